The summed E-state index contributed by atoms with van der Waals surface area (Å²) in [5.74, 6) is 0.499. The molecule has 2 aromatic rings. The third kappa shape index (κ3) is 7.93. The first-order chi connectivity index (χ1) is 23.5. The normalized spacial score (nSPS) is 28.3. The second-order valence-corrected chi connectivity index (χ2v) is 16.1. The Morgan fingerprint density at radius 3 is 2.61 bits per heavy atom. The number of rotatable bonds is 3. The topological polar surface area (TPSA) is 119 Å². The van der Waals surface area contributed by atoms with Crippen molar-refractivity contribution >= 4 is 39.1 Å². The van der Waals surface area contributed by atoms with E-state index >= 15 is 0 Å². The lowest BCUT2D eigenvalue weighted by Crippen LogP contribution is -2.58. The Labute approximate surface area is 294 Å². The first-order valence-corrected chi connectivity index (χ1v) is 18.9. The van der Waals surface area contributed by atoms with Crippen LogP contribution in [-0.4, -0.2) is 85.9 Å². The summed E-state index contributed by atoms with van der Waals surface area (Å²) in [6.07, 6.45) is 8.47. The van der Waals surface area contributed by atoms with Gasteiger partial charge in [0.25, 0.3) is 5.91 Å². The predicted molar refractivity (Wildman–Crippen MR) is 188 cm³/mol. The molecule has 1 saturated carbocycles. The standard InChI is InChI=1S/C36H47ClN4O7S/c1-36(2)34(42)38-49(44,39-35(43)41-21-28(22-41)45-3)29-13-15-33-31(19-29)40(20-25-11-14-30(25)32(46-4)9-7-17-48-36)16-6-5-8-24-18-27(37)12-10-26(24)23-47-33/h7,9-10,12-13,15,18-19,25,28,30,32H,5-6,8,11,14,16-17,20-23H2,1-4H3,(H,38,39,42,43,44)/b9-7+/t25-,30+,32-,49+/m0/s1. The zero-order valence-electron chi connectivity index (χ0n) is 28.7. The summed E-state index contributed by atoms with van der Waals surface area (Å²) in [6, 6.07) is 10.5. The average molecular weight is 715 g/mol. The van der Waals surface area contributed by atoms with Gasteiger partial charge in [0.05, 0.1) is 42.5 Å². The highest BCUT2D eigenvalue weighted by Crippen LogP contribution is 2.42. The number of methoxy groups -OCH3 is 2. The Bertz CT molecular complexity index is 1700. The van der Waals surface area contributed by atoms with Gasteiger partial charge in [0, 0.05) is 32.3 Å². The number of nitrogens with one attached hydrogen (secondary N) is 1. The molecule has 1 aliphatic carbocycles. The first kappa shape index (κ1) is 35.7. The quantitative estimate of drug-likeness (QED) is 0.398. The molecule has 0 spiro atoms. The van der Waals surface area contributed by atoms with E-state index in [4.69, 9.17) is 30.5 Å². The van der Waals surface area contributed by atoms with Gasteiger partial charge in [-0.15, -0.1) is 4.36 Å². The monoisotopic (exact) mass is 714 g/mol. The van der Waals surface area contributed by atoms with Crippen LogP contribution in [0.25, 0.3) is 0 Å². The number of likely N-dealkylation sites (tertiary alicyclic amines) is 1. The van der Waals surface area contributed by atoms with E-state index in [1.165, 1.54) is 4.90 Å². The largest absolute Gasteiger partial charge is 0.487 e. The molecule has 266 valence electrons. The van der Waals surface area contributed by atoms with Crippen LogP contribution in [0.4, 0.5) is 10.5 Å². The van der Waals surface area contributed by atoms with Crippen molar-refractivity contribution in [1.82, 2.24) is 9.62 Å². The van der Waals surface area contributed by atoms with Crippen molar-refractivity contribution in [3.05, 3.63) is 64.7 Å². The molecule has 3 heterocycles. The molecule has 0 unspecified atom stereocenters. The summed E-state index contributed by atoms with van der Waals surface area (Å²) in [5, 5.41) is 0.696. The number of fused-ring (bicyclic) bond motifs is 3. The van der Waals surface area contributed by atoms with Crippen LogP contribution in [0.15, 0.2) is 57.8 Å². The number of benzene rings is 2. The zero-order valence-corrected chi connectivity index (χ0v) is 30.3. The van der Waals surface area contributed by atoms with Gasteiger partial charge in [-0.3, -0.25) is 4.79 Å². The lowest BCUT2D eigenvalue weighted by Gasteiger charge is -2.43. The number of carbonyl (C=O) groups excluding carboxylic acids is 2. The minimum Gasteiger partial charge on any atom is -0.487 e. The van der Waals surface area contributed by atoms with Gasteiger partial charge >= 0.3 is 6.03 Å². The van der Waals surface area contributed by atoms with Crippen LogP contribution in [0.5, 0.6) is 5.75 Å². The van der Waals surface area contributed by atoms with Gasteiger partial charge in [-0.1, -0.05) is 29.8 Å². The molecular formula is C36H47ClN4O7S. The molecule has 11 nitrogen and oxygen atoms in total. The van der Waals surface area contributed by atoms with Gasteiger partial charge in [0.1, 0.15) is 18.0 Å². The van der Waals surface area contributed by atoms with Gasteiger partial charge in [0.15, 0.2) is 9.92 Å². The molecule has 2 fully saturated rings. The number of hydrogen-bond acceptors (Lipinski definition) is 8. The smallest absolute Gasteiger partial charge is 0.330 e. The Morgan fingerprint density at radius 1 is 1.06 bits per heavy atom. The van der Waals surface area contributed by atoms with Crippen molar-refractivity contribution in [2.75, 3.05) is 51.9 Å². The Hall–Kier alpha value is -3.16. The highest BCUT2D eigenvalue weighted by atomic mass is 35.5. The van der Waals surface area contributed by atoms with E-state index in [0.29, 0.717) is 42.3 Å². The lowest BCUT2D eigenvalue weighted by molar-refractivity contribution is -0.137. The van der Waals surface area contributed by atoms with Gasteiger partial charge in [0.2, 0.25) is 0 Å². The maximum Gasteiger partial charge on any atom is 0.330 e. The van der Waals surface area contributed by atoms with Crippen molar-refractivity contribution in [3.63, 3.8) is 0 Å². The highest BCUT2D eigenvalue weighted by molar-refractivity contribution is 7.92. The minimum absolute atomic E-state index is 0.0999. The van der Waals surface area contributed by atoms with Crippen LogP contribution in [0, 0.1) is 11.8 Å². The molecule has 3 amide bonds. The fraction of sp³-hybridized carbons (Fsp3) is 0.556. The maximum absolute atomic E-state index is 14.9. The van der Waals surface area contributed by atoms with E-state index in [9.17, 15) is 13.8 Å². The van der Waals surface area contributed by atoms with E-state index in [1.807, 2.05) is 30.4 Å². The molecular weight excluding hydrogens is 668 g/mol. The fourth-order valence-corrected chi connectivity index (χ4v) is 8.63. The second-order valence-electron chi connectivity index (χ2n) is 13.8. The van der Waals surface area contributed by atoms with Crippen LogP contribution in [0.3, 0.4) is 0 Å². The van der Waals surface area contributed by atoms with E-state index in [1.54, 1.807) is 46.3 Å². The van der Waals surface area contributed by atoms with Crippen LogP contribution < -0.4 is 14.4 Å². The third-order valence-electron chi connectivity index (χ3n) is 10.2. The van der Waals surface area contributed by atoms with Gasteiger partial charge in [-0.25, -0.2) is 13.7 Å². The van der Waals surface area contributed by atoms with Crippen molar-refractivity contribution in [2.45, 2.75) is 75.3 Å². The molecule has 2 aromatic carbocycles. The van der Waals surface area contributed by atoms with Gasteiger partial charge in [-0.2, -0.15) is 0 Å². The maximum atomic E-state index is 14.9. The summed E-state index contributed by atoms with van der Waals surface area (Å²) in [6.45, 7) is 5.78. The number of amides is 3. The van der Waals surface area contributed by atoms with Crippen LogP contribution in [-0.2, 0) is 41.9 Å². The molecule has 0 radical (unpaired) electrons. The minimum atomic E-state index is -3.83. The van der Waals surface area contributed by atoms with Crippen molar-refractivity contribution in [3.8, 4) is 5.75 Å². The molecule has 1 N–H and O–H groups in total. The Kier molecular flexibility index (Phi) is 10.9. The van der Waals surface area contributed by atoms with Crippen LogP contribution in [0.1, 0.15) is 50.7 Å². The van der Waals surface area contributed by atoms with Crippen LogP contribution >= 0.6 is 11.6 Å². The summed E-state index contributed by atoms with van der Waals surface area (Å²) in [7, 11) is -0.517. The molecule has 0 aromatic heterocycles. The van der Waals surface area contributed by atoms with Crippen molar-refractivity contribution < 1.29 is 32.7 Å². The number of halogens is 1. The molecule has 6 rings (SSSR count). The number of hydrogen-bond donors (Lipinski definition) is 1. The lowest BCUT2D eigenvalue weighted by atomic mass is 9.70. The van der Waals surface area contributed by atoms with E-state index < -0.39 is 27.5 Å². The number of ether oxygens (including phenoxy) is 4. The van der Waals surface area contributed by atoms with Gasteiger partial charge in [-0.05, 0) is 99.2 Å². The Morgan fingerprint density at radius 2 is 1.88 bits per heavy atom. The summed E-state index contributed by atoms with van der Waals surface area (Å²) >= 11 is 6.37. The summed E-state index contributed by atoms with van der Waals surface area (Å²) in [4.78, 5) is 31.1. The zero-order chi connectivity index (χ0) is 34.8. The first-order valence-electron chi connectivity index (χ1n) is 17.0. The molecule has 4 atom stereocenters. The van der Waals surface area contributed by atoms with Crippen molar-refractivity contribution in [1.29, 1.82) is 0 Å². The molecule has 13 heteroatoms. The van der Waals surface area contributed by atoms with E-state index in [0.717, 1.165) is 62.0 Å². The number of anilines is 1. The number of urea groups is 1. The summed E-state index contributed by atoms with van der Waals surface area (Å²) in [5.41, 5.74) is 1.53. The summed E-state index contributed by atoms with van der Waals surface area (Å²) < 4.78 is 45.5. The number of aryl methyl sites for hydroxylation is 1. The third-order valence-corrected chi connectivity index (χ3v) is 12.2. The number of nitrogens with zero attached hydrogens (tertiary/aromatic N) is 3. The SMILES string of the molecule is COC1CN(C(=O)N[S@]2(=O)=NC(=O)C(C)(C)OC/C=C/[C@H](OC)[C@@H]3CC[C@H]3CN3CCCCc4cc(Cl)ccc4COc4ccc2cc43)C1. The van der Waals surface area contributed by atoms with E-state index in [2.05, 4.69) is 14.0 Å². The molecule has 3 aliphatic heterocycles. The second kappa shape index (κ2) is 15.0. The van der Waals surface area contributed by atoms with E-state index in [-0.39, 0.29) is 23.7 Å². The molecule has 49 heavy (non-hydrogen) atoms. The predicted octanol–water partition coefficient (Wildman–Crippen LogP) is 5.78. The molecule has 4 aliphatic rings. The average Bonchev–Trinajstić information content (AvgIpc) is 3.06. The van der Waals surface area contributed by atoms with Gasteiger partial charge < -0.3 is 28.7 Å². The molecule has 2 bridgehead atoms. The van der Waals surface area contributed by atoms with Crippen LogP contribution in [0.2, 0.25) is 5.02 Å². The number of carbonyl (C=O) groups is 2. The fourth-order valence-electron chi connectivity index (χ4n) is 6.83. The van der Waals surface area contributed by atoms with Crippen molar-refractivity contribution in [2.24, 2.45) is 16.2 Å². The molecule has 1 saturated heterocycles. The highest BCUT2D eigenvalue weighted by Gasteiger charge is 2.39. The Balaban J connectivity index is 1.45.